The third kappa shape index (κ3) is 6.70. The SMILES string of the molecule is COc1cccc(/C=N/NC(=O)c2ccc(CN3CCC(Cc4ccccc4)CC3)cc2)c1OC. The summed E-state index contributed by atoms with van der Waals surface area (Å²) in [5, 5.41) is 4.09. The number of carbonyl (C=O) groups excluding carboxylic acids is 1. The van der Waals surface area contributed by atoms with Crippen molar-refractivity contribution in [1.29, 1.82) is 0 Å². The van der Waals surface area contributed by atoms with Gasteiger partial charge in [0.1, 0.15) is 0 Å². The van der Waals surface area contributed by atoms with E-state index >= 15 is 0 Å². The molecular weight excluding hydrogens is 438 g/mol. The van der Waals surface area contributed by atoms with Gasteiger partial charge in [-0.2, -0.15) is 5.10 Å². The highest BCUT2D eigenvalue weighted by molar-refractivity contribution is 5.95. The highest BCUT2D eigenvalue weighted by Gasteiger charge is 2.19. The van der Waals surface area contributed by atoms with Gasteiger partial charge < -0.3 is 9.47 Å². The number of para-hydroxylation sites is 1. The van der Waals surface area contributed by atoms with Gasteiger partial charge in [-0.3, -0.25) is 9.69 Å². The zero-order valence-electron chi connectivity index (χ0n) is 20.4. The van der Waals surface area contributed by atoms with Gasteiger partial charge in [0, 0.05) is 17.7 Å². The van der Waals surface area contributed by atoms with E-state index < -0.39 is 0 Å². The number of hydrazone groups is 1. The standard InChI is InChI=1S/C29H33N3O3/c1-34-27-10-6-9-26(28(27)35-2)20-30-31-29(33)25-13-11-24(12-14-25)21-32-17-15-23(16-18-32)19-22-7-4-3-5-8-22/h3-14,20,23H,15-19,21H2,1-2H3,(H,31,33)/b30-20+. The Balaban J connectivity index is 1.25. The molecule has 0 atom stereocenters. The Bertz CT molecular complexity index is 1120. The van der Waals surface area contributed by atoms with Crippen LogP contribution in [0, 0.1) is 5.92 Å². The van der Waals surface area contributed by atoms with Crippen molar-refractivity contribution in [3.63, 3.8) is 0 Å². The van der Waals surface area contributed by atoms with Crippen molar-refractivity contribution in [3.05, 3.63) is 95.1 Å². The molecule has 3 aromatic carbocycles. The number of nitrogens with one attached hydrogen (secondary N) is 1. The average Bonchev–Trinajstić information content (AvgIpc) is 2.90. The Labute approximate surface area is 207 Å². The van der Waals surface area contributed by atoms with Crippen molar-refractivity contribution in [2.75, 3.05) is 27.3 Å². The predicted octanol–water partition coefficient (Wildman–Crippen LogP) is 4.92. The van der Waals surface area contributed by atoms with Crippen molar-refractivity contribution in [3.8, 4) is 11.5 Å². The van der Waals surface area contributed by atoms with E-state index in [0.717, 1.165) is 31.1 Å². The summed E-state index contributed by atoms with van der Waals surface area (Å²) in [6.45, 7) is 3.14. The van der Waals surface area contributed by atoms with Crippen LogP contribution in [0.3, 0.4) is 0 Å². The lowest BCUT2D eigenvalue weighted by Crippen LogP contribution is -2.33. The summed E-state index contributed by atoms with van der Waals surface area (Å²) >= 11 is 0. The number of amides is 1. The van der Waals surface area contributed by atoms with Crippen LogP contribution in [0.4, 0.5) is 0 Å². The van der Waals surface area contributed by atoms with Crippen molar-refractivity contribution < 1.29 is 14.3 Å². The first kappa shape index (κ1) is 24.5. The van der Waals surface area contributed by atoms with E-state index in [2.05, 4.69) is 45.8 Å². The molecule has 1 aliphatic heterocycles. The predicted molar refractivity (Wildman–Crippen MR) is 139 cm³/mol. The second-order valence-electron chi connectivity index (χ2n) is 8.89. The Morgan fingerprint density at radius 2 is 1.69 bits per heavy atom. The molecule has 1 amide bonds. The van der Waals surface area contributed by atoms with Crippen LogP contribution in [0.15, 0.2) is 77.9 Å². The molecule has 1 aliphatic rings. The molecule has 6 heteroatoms. The summed E-state index contributed by atoms with van der Waals surface area (Å²) in [6.07, 6.45) is 5.18. The van der Waals surface area contributed by atoms with Crippen LogP contribution < -0.4 is 14.9 Å². The van der Waals surface area contributed by atoms with Crippen molar-refractivity contribution in [2.45, 2.75) is 25.8 Å². The summed E-state index contributed by atoms with van der Waals surface area (Å²) in [5.74, 6) is 1.69. The molecule has 1 saturated heterocycles. The van der Waals surface area contributed by atoms with Gasteiger partial charge in [-0.25, -0.2) is 5.43 Å². The topological polar surface area (TPSA) is 63.2 Å². The van der Waals surface area contributed by atoms with E-state index in [1.165, 1.54) is 30.4 Å². The molecule has 0 spiro atoms. The van der Waals surface area contributed by atoms with Gasteiger partial charge in [-0.05, 0) is 73.7 Å². The molecule has 6 nitrogen and oxygen atoms in total. The zero-order chi connectivity index (χ0) is 24.5. The number of rotatable bonds is 9. The minimum absolute atomic E-state index is 0.253. The van der Waals surface area contributed by atoms with Crippen LogP contribution in [0.25, 0.3) is 0 Å². The third-order valence-corrected chi connectivity index (χ3v) is 6.50. The highest BCUT2D eigenvalue weighted by Crippen LogP contribution is 2.29. The first-order valence-electron chi connectivity index (χ1n) is 12.1. The second-order valence-corrected chi connectivity index (χ2v) is 8.89. The molecule has 0 saturated carbocycles. The van der Waals surface area contributed by atoms with E-state index in [-0.39, 0.29) is 5.91 Å². The number of carbonyl (C=O) groups is 1. The fraction of sp³-hybridized carbons (Fsp3) is 0.310. The Kier molecular flexibility index (Phi) is 8.52. The fourth-order valence-corrected chi connectivity index (χ4v) is 4.55. The van der Waals surface area contributed by atoms with Crippen molar-refractivity contribution in [1.82, 2.24) is 10.3 Å². The van der Waals surface area contributed by atoms with E-state index in [1.807, 2.05) is 42.5 Å². The molecule has 182 valence electrons. The molecule has 1 fully saturated rings. The van der Waals surface area contributed by atoms with Crippen LogP contribution in [-0.4, -0.2) is 44.3 Å². The quantitative estimate of drug-likeness (QED) is 0.355. The number of hydrogen-bond donors (Lipinski definition) is 1. The Morgan fingerprint density at radius 3 is 2.37 bits per heavy atom. The molecule has 0 unspecified atom stereocenters. The van der Waals surface area contributed by atoms with E-state index in [9.17, 15) is 4.79 Å². The highest BCUT2D eigenvalue weighted by atomic mass is 16.5. The minimum atomic E-state index is -0.253. The van der Waals surface area contributed by atoms with E-state index in [4.69, 9.17) is 9.47 Å². The zero-order valence-corrected chi connectivity index (χ0v) is 20.4. The van der Waals surface area contributed by atoms with Crippen LogP contribution in [0.2, 0.25) is 0 Å². The summed E-state index contributed by atoms with van der Waals surface area (Å²) < 4.78 is 10.7. The second kappa shape index (κ2) is 12.2. The van der Waals surface area contributed by atoms with Gasteiger partial charge in [0.05, 0.1) is 20.4 Å². The molecule has 0 radical (unpaired) electrons. The summed E-state index contributed by atoms with van der Waals surface area (Å²) in [7, 11) is 3.15. The minimum Gasteiger partial charge on any atom is -0.493 e. The number of nitrogens with zero attached hydrogens (tertiary/aromatic N) is 2. The first-order valence-corrected chi connectivity index (χ1v) is 12.1. The number of likely N-dealkylation sites (tertiary alicyclic amines) is 1. The Morgan fingerprint density at radius 1 is 0.943 bits per heavy atom. The van der Waals surface area contributed by atoms with Crippen LogP contribution in [0.5, 0.6) is 11.5 Å². The number of piperidine rings is 1. The molecule has 0 bridgehead atoms. The molecule has 0 aromatic heterocycles. The van der Waals surface area contributed by atoms with Crippen LogP contribution >= 0.6 is 0 Å². The van der Waals surface area contributed by atoms with Gasteiger partial charge in [0.25, 0.3) is 5.91 Å². The molecule has 1 N–H and O–H groups in total. The number of methoxy groups -OCH3 is 2. The van der Waals surface area contributed by atoms with Gasteiger partial charge in [-0.1, -0.05) is 48.5 Å². The first-order chi connectivity index (χ1) is 17.2. The lowest BCUT2D eigenvalue weighted by atomic mass is 9.90. The molecule has 3 aromatic rings. The maximum Gasteiger partial charge on any atom is 0.271 e. The van der Waals surface area contributed by atoms with Crippen molar-refractivity contribution in [2.24, 2.45) is 11.0 Å². The summed E-state index contributed by atoms with van der Waals surface area (Å²) in [5.41, 5.74) is 6.53. The number of benzene rings is 3. The van der Waals surface area contributed by atoms with Gasteiger partial charge in [0.15, 0.2) is 11.5 Å². The smallest absolute Gasteiger partial charge is 0.271 e. The molecule has 4 rings (SSSR count). The molecule has 35 heavy (non-hydrogen) atoms. The largest absolute Gasteiger partial charge is 0.493 e. The molecule has 0 aliphatic carbocycles. The van der Waals surface area contributed by atoms with E-state index in [1.54, 1.807) is 20.4 Å². The van der Waals surface area contributed by atoms with Gasteiger partial charge >= 0.3 is 0 Å². The average molecular weight is 472 g/mol. The van der Waals surface area contributed by atoms with Gasteiger partial charge in [-0.15, -0.1) is 0 Å². The van der Waals surface area contributed by atoms with Crippen molar-refractivity contribution >= 4 is 12.1 Å². The number of ether oxygens (including phenoxy) is 2. The third-order valence-electron chi connectivity index (χ3n) is 6.50. The fourth-order valence-electron chi connectivity index (χ4n) is 4.55. The maximum atomic E-state index is 12.5. The lowest BCUT2D eigenvalue weighted by Gasteiger charge is -2.32. The summed E-state index contributed by atoms with van der Waals surface area (Å²) in [4.78, 5) is 15.0. The lowest BCUT2D eigenvalue weighted by molar-refractivity contribution is 0.0955. The number of hydrogen-bond acceptors (Lipinski definition) is 5. The van der Waals surface area contributed by atoms with E-state index in [0.29, 0.717) is 17.1 Å². The van der Waals surface area contributed by atoms with Gasteiger partial charge in [0.2, 0.25) is 0 Å². The Hall–Kier alpha value is -3.64. The van der Waals surface area contributed by atoms with Crippen LogP contribution in [-0.2, 0) is 13.0 Å². The molecular formula is C29H33N3O3. The summed E-state index contributed by atoms with van der Waals surface area (Å²) in [6, 6.07) is 24.0. The maximum absolute atomic E-state index is 12.5. The normalized spacial score (nSPS) is 14.7. The van der Waals surface area contributed by atoms with Crippen LogP contribution in [0.1, 0.15) is 39.9 Å². The molecule has 1 heterocycles. The monoisotopic (exact) mass is 471 g/mol.